The predicted octanol–water partition coefficient (Wildman–Crippen LogP) is 1.36. The highest BCUT2D eigenvalue weighted by Crippen LogP contribution is 2.17. The van der Waals surface area contributed by atoms with Gasteiger partial charge in [-0.3, -0.25) is 4.79 Å². The van der Waals surface area contributed by atoms with E-state index in [0.717, 1.165) is 55.1 Å². The second-order valence-corrected chi connectivity index (χ2v) is 5.69. The molecule has 1 aromatic heterocycles. The molecular weight excluding hydrogens is 264 g/mol. The van der Waals surface area contributed by atoms with E-state index in [1.54, 1.807) is 0 Å². The van der Waals surface area contributed by atoms with E-state index in [9.17, 15) is 4.79 Å². The first-order chi connectivity index (χ1) is 10.1. The Morgan fingerprint density at radius 3 is 2.86 bits per heavy atom. The number of rotatable bonds is 4. The van der Waals surface area contributed by atoms with E-state index in [4.69, 9.17) is 0 Å². The number of hydrogen-bond donors (Lipinski definition) is 1. The normalized spacial score (nSPS) is 16.5. The summed E-state index contributed by atoms with van der Waals surface area (Å²) in [5, 5.41) is 3.32. The van der Waals surface area contributed by atoms with Crippen LogP contribution in [0.2, 0.25) is 0 Å². The lowest BCUT2D eigenvalue weighted by atomic mass is 10.1. The van der Waals surface area contributed by atoms with E-state index in [1.165, 1.54) is 0 Å². The molecule has 1 fully saturated rings. The Kier molecular flexibility index (Phi) is 4.03. The lowest BCUT2D eigenvalue weighted by Crippen LogP contribution is -2.44. The van der Waals surface area contributed by atoms with Crippen molar-refractivity contribution in [2.24, 2.45) is 7.05 Å². The number of fused-ring (bicyclic) bond motifs is 1. The van der Waals surface area contributed by atoms with Crippen molar-refractivity contribution in [3.05, 3.63) is 29.6 Å². The Labute approximate surface area is 125 Å². The Morgan fingerprint density at radius 1 is 1.33 bits per heavy atom. The van der Waals surface area contributed by atoms with Crippen LogP contribution in [0.4, 0.5) is 0 Å². The molecule has 0 aliphatic carbocycles. The SMILES string of the molecule is Cc1nc2cc(C(=O)CCN3CCNCC3)ccc2n1C. The number of benzene rings is 1. The second kappa shape index (κ2) is 5.95. The number of ketones is 1. The fourth-order valence-corrected chi connectivity index (χ4v) is 2.83. The molecule has 0 atom stereocenters. The molecule has 1 saturated heterocycles. The minimum absolute atomic E-state index is 0.207. The number of nitrogens with one attached hydrogen (secondary N) is 1. The van der Waals surface area contributed by atoms with Crippen molar-refractivity contribution in [2.75, 3.05) is 32.7 Å². The zero-order valence-electron chi connectivity index (χ0n) is 12.7. The molecular formula is C16H22N4O. The van der Waals surface area contributed by atoms with Gasteiger partial charge in [0.1, 0.15) is 5.82 Å². The van der Waals surface area contributed by atoms with Crippen LogP contribution in [0.3, 0.4) is 0 Å². The molecule has 0 spiro atoms. The van der Waals surface area contributed by atoms with Gasteiger partial charge in [-0.2, -0.15) is 0 Å². The summed E-state index contributed by atoms with van der Waals surface area (Å²) in [7, 11) is 2.00. The van der Waals surface area contributed by atoms with Gasteiger partial charge >= 0.3 is 0 Å². The van der Waals surface area contributed by atoms with Gasteiger partial charge < -0.3 is 14.8 Å². The van der Waals surface area contributed by atoms with Crippen LogP contribution >= 0.6 is 0 Å². The minimum atomic E-state index is 0.207. The molecule has 5 nitrogen and oxygen atoms in total. The van der Waals surface area contributed by atoms with Crippen molar-refractivity contribution >= 4 is 16.8 Å². The standard InChI is InChI=1S/C16H22N4O/c1-12-18-14-11-13(3-4-15(14)19(12)2)16(21)5-8-20-9-6-17-7-10-20/h3-4,11,17H,5-10H2,1-2H3. The number of carbonyl (C=O) groups excluding carboxylic acids is 1. The van der Waals surface area contributed by atoms with Crippen LogP contribution in [-0.2, 0) is 7.05 Å². The first-order valence-electron chi connectivity index (χ1n) is 7.54. The number of aromatic nitrogens is 2. The van der Waals surface area contributed by atoms with Crippen LogP contribution in [0.5, 0.6) is 0 Å². The van der Waals surface area contributed by atoms with Crippen molar-refractivity contribution < 1.29 is 4.79 Å². The van der Waals surface area contributed by atoms with Gasteiger partial charge in [-0.1, -0.05) is 0 Å². The minimum Gasteiger partial charge on any atom is -0.331 e. The zero-order chi connectivity index (χ0) is 14.8. The summed E-state index contributed by atoms with van der Waals surface area (Å²) in [4.78, 5) is 19.2. The Bertz CT molecular complexity index is 656. The molecule has 1 aliphatic heterocycles. The van der Waals surface area contributed by atoms with Crippen LogP contribution in [0, 0.1) is 6.92 Å². The van der Waals surface area contributed by atoms with Gasteiger partial charge in [-0.15, -0.1) is 0 Å². The topological polar surface area (TPSA) is 50.2 Å². The number of aryl methyl sites for hydroxylation is 2. The van der Waals surface area contributed by atoms with Crippen molar-refractivity contribution in [3.8, 4) is 0 Å². The monoisotopic (exact) mass is 286 g/mol. The van der Waals surface area contributed by atoms with Crippen molar-refractivity contribution in [2.45, 2.75) is 13.3 Å². The number of hydrogen-bond acceptors (Lipinski definition) is 4. The number of nitrogens with zero attached hydrogens (tertiary/aromatic N) is 3. The van der Waals surface area contributed by atoms with Crippen molar-refractivity contribution in [1.82, 2.24) is 19.8 Å². The highest BCUT2D eigenvalue weighted by Gasteiger charge is 2.13. The molecule has 2 heterocycles. The van der Waals surface area contributed by atoms with Crippen LogP contribution < -0.4 is 5.32 Å². The van der Waals surface area contributed by atoms with E-state index >= 15 is 0 Å². The number of piperazine rings is 1. The summed E-state index contributed by atoms with van der Waals surface area (Å²) < 4.78 is 2.05. The molecule has 3 rings (SSSR count). The molecule has 5 heteroatoms. The third kappa shape index (κ3) is 2.99. The molecule has 1 aromatic carbocycles. The van der Waals surface area contributed by atoms with E-state index < -0.39 is 0 Å². The summed E-state index contributed by atoms with van der Waals surface area (Å²) >= 11 is 0. The fraction of sp³-hybridized carbons (Fsp3) is 0.500. The smallest absolute Gasteiger partial charge is 0.164 e. The lowest BCUT2D eigenvalue weighted by Gasteiger charge is -2.26. The van der Waals surface area contributed by atoms with Gasteiger partial charge in [0.2, 0.25) is 0 Å². The molecule has 0 unspecified atom stereocenters. The summed E-state index contributed by atoms with van der Waals surface area (Å²) in [5.74, 6) is 1.18. The highest BCUT2D eigenvalue weighted by molar-refractivity contribution is 5.99. The van der Waals surface area contributed by atoms with Gasteiger partial charge in [0.25, 0.3) is 0 Å². The third-order valence-electron chi connectivity index (χ3n) is 4.29. The predicted molar refractivity (Wildman–Crippen MR) is 83.7 cm³/mol. The molecule has 0 saturated carbocycles. The van der Waals surface area contributed by atoms with Crippen molar-refractivity contribution in [1.29, 1.82) is 0 Å². The maximum absolute atomic E-state index is 12.3. The van der Waals surface area contributed by atoms with Gasteiger partial charge in [0.15, 0.2) is 5.78 Å². The van der Waals surface area contributed by atoms with E-state index in [0.29, 0.717) is 6.42 Å². The molecule has 21 heavy (non-hydrogen) atoms. The van der Waals surface area contributed by atoms with Gasteiger partial charge in [0.05, 0.1) is 11.0 Å². The lowest BCUT2D eigenvalue weighted by molar-refractivity contribution is 0.0961. The van der Waals surface area contributed by atoms with E-state index in [1.807, 2.05) is 36.7 Å². The quantitative estimate of drug-likeness (QED) is 0.862. The largest absolute Gasteiger partial charge is 0.331 e. The molecule has 0 radical (unpaired) electrons. The highest BCUT2D eigenvalue weighted by atomic mass is 16.1. The van der Waals surface area contributed by atoms with Crippen LogP contribution in [0.1, 0.15) is 22.6 Å². The van der Waals surface area contributed by atoms with Gasteiger partial charge in [-0.25, -0.2) is 4.98 Å². The summed E-state index contributed by atoms with van der Waals surface area (Å²) in [5.41, 5.74) is 2.75. The van der Waals surface area contributed by atoms with Crippen LogP contribution in [-0.4, -0.2) is 53.0 Å². The summed E-state index contributed by atoms with van der Waals surface area (Å²) in [6, 6.07) is 5.83. The first kappa shape index (κ1) is 14.2. The average molecular weight is 286 g/mol. The second-order valence-electron chi connectivity index (χ2n) is 5.69. The van der Waals surface area contributed by atoms with Crippen LogP contribution in [0.15, 0.2) is 18.2 Å². The molecule has 112 valence electrons. The number of imidazole rings is 1. The third-order valence-corrected chi connectivity index (χ3v) is 4.29. The molecule has 1 aliphatic rings. The Hall–Kier alpha value is -1.72. The zero-order valence-corrected chi connectivity index (χ0v) is 12.7. The van der Waals surface area contributed by atoms with Crippen LogP contribution in [0.25, 0.3) is 11.0 Å². The Morgan fingerprint density at radius 2 is 2.10 bits per heavy atom. The van der Waals surface area contributed by atoms with E-state index in [-0.39, 0.29) is 5.78 Å². The maximum atomic E-state index is 12.3. The van der Waals surface area contributed by atoms with Gasteiger partial charge in [-0.05, 0) is 25.1 Å². The van der Waals surface area contributed by atoms with Crippen molar-refractivity contribution in [3.63, 3.8) is 0 Å². The fourth-order valence-electron chi connectivity index (χ4n) is 2.83. The molecule has 2 aromatic rings. The summed E-state index contributed by atoms with van der Waals surface area (Å²) in [6.45, 7) is 6.93. The van der Waals surface area contributed by atoms with E-state index in [2.05, 4.69) is 15.2 Å². The van der Waals surface area contributed by atoms with Gasteiger partial charge in [0, 0.05) is 51.8 Å². The molecule has 0 bridgehead atoms. The number of carbonyl (C=O) groups is 1. The Balaban J connectivity index is 1.69. The molecule has 0 amide bonds. The molecule has 1 N–H and O–H groups in total. The number of Topliss-reactive ketones (excluding diaryl/α,β-unsaturated/α-hetero) is 1. The average Bonchev–Trinajstić information content (AvgIpc) is 2.80. The maximum Gasteiger partial charge on any atom is 0.164 e. The summed E-state index contributed by atoms with van der Waals surface area (Å²) in [6.07, 6.45) is 0.581. The first-order valence-corrected chi connectivity index (χ1v) is 7.54.